The second kappa shape index (κ2) is 8.14. The van der Waals surface area contributed by atoms with E-state index >= 15 is 0 Å². The van der Waals surface area contributed by atoms with Gasteiger partial charge >= 0.3 is 0 Å². The van der Waals surface area contributed by atoms with Crippen LogP contribution in [0.15, 0.2) is 24.3 Å². The van der Waals surface area contributed by atoms with Crippen LogP contribution in [0.5, 0.6) is 0 Å². The van der Waals surface area contributed by atoms with Gasteiger partial charge in [-0.2, -0.15) is 0 Å². The fourth-order valence-corrected chi connectivity index (χ4v) is 3.47. The van der Waals surface area contributed by atoms with Gasteiger partial charge in [0, 0.05) is 44.1 Å². The lowest BCUT2D eigenvalue weighted by atomic mass is 9.89. The smallest absolute Gasteiger partial charge is 0.227 e. The number of hydrogen-bond donors (Lipinski definition) is 2. The van der Waals surface area contributed by atoms with E-state index in [0.29, 0.717) is 32.2 Å². The van der Waals surface area contributed by atoms with Crippen molar-refractivity contribution in [1.82, 2.24) is 10.2 Å². The molecule has 0 spiro atoms. The number of nitrogens with zero attached hydrogens (tertiary/aromatic N) is 1. The summed E-state index contributed by atoms with van der Waals surface area (Å²) in [5.41, 5.74) is 1.98. The molecule has 2 aliphatic rings. The number of benzene rings is 1. The van der Waals surface area contributed by atoms with E-state index in [1.165, 1.54) is 0 Å². The Morgan fingerprint density at radius 1 is 1.16 bits per heavy atom. The number of amides is 3. The SMILES string of the molecule is O=C(CC[C@H]1Cc2ccccc2NC1=O)NCCC(=O)N1CCCC1. The van der Waals surface area contributed by atoms with Crippen LogP contribution in [-0.4, -0.2) is 42.3 Å². The van der Waals surface area contributed by atoms with Gasteiger partial charge < -0.3 is 15.5 Å². The van der Waals surface area contributed by atoms with Gasteiger partial charge in [-0.15, -0.1) is 0 Å². The predicted molar refractivity (Wildman–Crippen MR) is 94.9 cm³/mol. The maximum absolute atomic E-state index is 12.1. The average molecular weight is 343 g/mol. The number of hydrogen-bond acceptors (Lipinski definition) is 3. The molecule has 0 aliphatic carbocycles. The molecule has 0 saturated carbocycles. The Morgan fingerprint density at radius 3 is 2.72 bits per heavy atom. The average Bonchev–Trinajstić information content (AvgIpc) is 3.14. The van der Waals surface area contributed by atoms with Crippen LogP contribution in [0, 0.1) is 5.92 Å². The minimum absolute atomic E-state index is 0.0179. The first-order chi connectivity index (χ1) is 12.1. The van der Waals surface area contributed by atoms with E-state index in [2.05, 4.69) is 10.6 Å². The Kier molecular flexibility index (Phi) is 5.68. The first-order valence-electron chi connectivity index (χ1n) is 9.07. The maximum atomic E-state index is 12.1. The van der Waals surface area contributed by atoms with E-state index in [-0.39, 0.29) is 23.6 Å². The van der Waals surface area contributed by atoms with Crippen molar-refractivity contribution in [3.05, 3.63) is 29.8 Å². The number of rotatable bonds is 6. The summed E-state index contributed by atoms with van der Waals surface area (Å²) in [7, 11) is 0. The highest BCUT2D eigenvalue weighted by atomic mass is 16.2. The number of fused-ring (bicyclic) bond motifs is 1. The maximum Gasteiger partial charge on any atom is 0.227 e. The van der Waals surface area contributed by atoms with Gasteiger partial charge in [0.1, 0.15) is 0 Å². The fraction of sp³-hybridized carbons (Fsp3) is 0.526. The summed E-state index contributed by atoms with van der Waals surface area (Å²) in [6.07, 6.45) is 3.99. The molecule has 3 rings (SSSR count). The van der Waals surface area contributed by atoms with Crippen LogP contribution in [0.1, 0.15) is 37.7 Å². The zero-order chi connectivity index (χ0) is 17.6. The van der Waals surface area contributed by atoms with Crippen LogP contribution < -0.4 is 10.6 Å². The molecule has 134 valence electrons. The van der Waals surface area contributed by atoms with Gasteiger partial charge in [-0.25, -0.2) is 0 Å². The number of carbonyl (C=O) groups excluding carboxylic acids is 3. The standard InChI is InChI=1S/C19H25N3O3/c23-17(20-10-9-18(24)22-11-3-4-12-22)8-7-15-13-14-5-1-2-6-16(14)21-19(15)25/h1-2,5-6,15H,3-4,7-13H2,(H,20,23)(H,21,25)/t15-/m0/s1. The van der Waals surface area contributed by atoms with Crippen molar-refractivity contribution in [2.45, 2.75) is 38.5 Å². The van der Waals surface area contributed by atoms with Crippen molar-refractivity contribution in [3.63, 3.8) is 0 Å². The quantitative estimate of drug-likeness (QED) is 0.825. The minimum atomic E-state index is -0.174. The monoisotopic (exact) mass is 343 g/mol. The van der Waals surface area contributed by atoms with Gasteiger partial charge in [-0.3, -0.25) is 14.4 Å². The second-order valence-electron chi connectivity index (χ2n) is 6.77. The first-order valence-corrected chi connectivity index (χ1v) is 9.07. The normalized spacial score (nSPS) is 19.3. The predicted octanol–water partition coefficient (Wildman–Crippen LogP) is 1.71. The molecule has 1 aromatic rings. The first kappa shape index (κ1) is 17.5. The van der Waals surface area contributed by atoms with Crippen molar-refractivity contribution >= 4 is 23.4 Å². The van der Waals surface area contributed by atoms with Gasteiger partial charge in [0.05, 0.1) is 0 Å². The highest BCUT2D eigenvalue weighted by molar-refractivity contribution is 5.96. The van der Waals surface area contributed by atoms with Gasteiger partial charge in [0.15, 0.2) is 0 Å². The van der Waals surface area contributed by atoms with Crippen molar-refractivity contribution < 1.29 is 14.4 Å². The van der Waals surface area contributed by atoms with Crippen LogP contribution in [-0.2, 0) is 20.8 Å². The van der Waals surface area contributed by atoms with Crippen molar-refractivity contribution in [2.75, 3.05) is 25.0 Å². The third kappa shape index (κ3) is 4.59. The number of likely N-dealkylation sites (tertiary alicyclic amines) is 1. The molecule has 1 atom stereocenters. The van der Waals surface area contributed by atoms with E-state index in [4.69, 9.17) is 0 Å². The number of nitrogens with one attached hydrogen (secondary N) is 2. The van der Waals surface area contributed by atoms with E-state index in [1.807, 2.05) is 29.2 Å². The van der Waals surface area contributed by atoms with E-state index < -0.39 is 0 Å². The molecule has 2 heterocycles. The highest BCUT2D eigenvalue weighted by Gasteiger charge is 2.26. The molecule has 1 aromatic carbocycles. The van der Waals surface area contributed by atoms with Gasteiger partial charge in [0.2, 0.25) is 17.7 Å². The second-order valence-corrected chi connectivity index (χ2v) is 6.77. The van der Waals surface area contributed by atoms with Crippen LogP contribution in [0.4, 0.5) is 5.69 Å². The number of para-hydroxylation sites is 1. The molecule has 6 nitrogen and oxygen atoms in total. The molecular formula is C19H25N3O3. The molecule has 0 radical (unpaired) electrons. The largest absolute Gasteiger partial charge is 0.356 e. The van der Waals surface area contributed by atoms with E-state index in [9.17, 15) is 14.4 Å². The van der Waals surface area contributed by atoms with E-state index in [0.717, 1.165) is 37.2 Å². The lowest BCUT2D eigenvalue weighted by Gasteiger charge is -2.24. The van der Waals surface area contributed by atoms with Gasteiger partial charge in [-0.1, -0.05) is 18.2 Å². The summed E-state index contributed by atoms with van der Waals surface area (Å²) in [6.45, 7) is 2.05. The lowest BCUT2D eigenvalue weighted by molar-refractivity contribution is -0.130. The van der Waals surface area contributed by atoms with Crippen LogP contribution in [0.3, 0.4) is 0 Å². The van der Waals surface area contributed by atoms with Gasteiger partial charge in [0.25, 0.3) is 0 Å². The molecular weight excluding hydrogens is 318 g/mol. The van der Waals surface area contributed by atoms with Gasteiger partial charge in [-0.05, 0) is 37.3 Å². The molecule has 1 fully saturated rings. The molecule has 0 unspecified atom stereocenters. The minimum Gasteiger partial charge on any atom is -0.356 e. The zero-order valence-corrected chi connectivity index (χ0v) is 14.4. The molecule has 0 aromatic heterocycles. The number of anilines is 1. The molecule has 1 saturated heterocycles. The van der Waals surface area contributed by atoms with Crippen LogP contribution in [0.2, 0.25) is 0 Å². The summed E-state index contributed by atoms with van der Waals surface area (Å²) >= 11 is 0. The Hall–Kier alpha value is -2.37. The fourth-order valence-electron chi connectivity index (χ4n) is 3.47. The summed E-state index contributed by atoms with van der Waals surface area (Å²) in [5, 5.41) is 5.69. The summed E-state index contributed by atoms with van der Waals surface area (Å²) in [5.74, 6) is -0.176. The molecule has 2 aliphatic heterocycles. The van der Waals surface area contributed by atoms with Crippen molar-refractivity contribution in [1.29, 1.82) is 0 Å². The topological polar surface area (TPSA) is 78.5 Å². The Morgan fingerprint density at radius 2 is 1.92 bits per heavy atom. The highest BCUT2D eigenvalue weighted by Crippen LogP contribution is 2.27. The zero-order valence-electron chi connectivity index (χ0n) is 14.4. The molecule has 2 N–H and O–H groups in total. The summed E-state index contributed by atoms with van der Waals surface area (Å²) < 4.78 is 0. The number of carbonyl (C=O) groups is 3. The molecule has 0 bridgehead atoms. The van der Waals surface area contributed by atoms with Crippen LogP contribution >= 0.6 is 0 Å². The Balaban J connectivity index is 1.37. The Labute approximate surface area is 148 Å². The van der Waals surface area contributed by atoms with Crippen molar-refractivity contribution in [3.8, 4) is 0 Å². The molecule has 6 heteroatoms. The Bertz CT molecular complexity index is 653. The third-order valence-corrected chi connectivity index (χ3v) is 4.95. The van der Waals surface area contributed by atoms with Crippen molar-refractivity contribution in [2.24, 2.45) is 5.92 Å². The van der Waals surface area contributed by atoms with E-state index in [1.54, 1.807) is 0 Å². The summed E-state index contributed by atoms with van der Waals surface area (Å²) in [6, 6.07) is 7.76. The molecule has 3 amide bonds. The summed E-state index contributed by atoms with van der Waals surface area (Å²) in [4.78, 5) is 37.9. The third-order valence-electron chi connectivity index (χ3n) is 4.95. The lowest BCUT2D eigenvalue weighted by Crippen LogP contribution is -2.34. The molecule has 25 heavy (non-hydrogen) atoms. The van der Waals surface area contributed by atoms with Crippen LogP contribution in [0.25, 0.3) is 0 Å².